The fourth-order valence-corrected chi connectivity index (χ4v) is 2.03. The Morgan fingerprint density at radius 3 is 2.76 bits per heavy atom. The minimum absolute atomic E-state index is 0.168. The standard InChI is InChI=1S/C11H12ClN3O2/c1-5-3-7(12)9(6(2)10(5)16)11-14-8(4-13)17-15-11/h3,16H,4,13H2,1-2H3. The zero-order chi connectivity index (χ0) is 12.6. The molecule has 3 N–H and O–H groups in total. The van der Waals surface area contributed by atoms with E-state index < -0.39 is 0 Å². The Labute approximate surface area is 103 Å². The van der Waals surface area contributed by atoms with Crippen molar-refractivity contribution in [2.75, 3.05) is 0 Å². The number of nitrogens with zero attached hydrogens (tertiary/aromatic N) is 2. The molecular formula is C11H12ClN3O2. The maximum Gasteiger partial charge on any atom is 0.240 e. The molecule has 1 heterocycles. The van der Waals surface area contributed by atoms with Crippen LogP contribution < -0.4 is 5.73 Å². The molecule has 0 saturated heterocycles. The highest BCUT2D eigenvalue weighted by atomic mass is 35.5. The van der Waals surface area contributed by atoms with Crippen LogP contribution in [0, 0.1) is 13.8 Å². The highest BCUT2D eigenvalue weighted by Gasteiger charge is 2.17. The molecule has 1 aromatic heterocycles. The molecule has 5 nitrogen and oxygen atoms in total. The van der Waals surface area contributed by atoms with E-state index in [0.717, 1.165) is 0 Å². The van der Waals surface area contributed by atoms with Gasteiger partial charge in [-0.2, -0.15) is 4.98 Å². The second kappa shape index (κ2) is 4.35. The topological polar surface area (TPSA) is 85.2 Å². The van der Waals surface area contributed by atoms with Gasteiger partial charge in [0.15, 0.2) is 0 Å². The maximum atomic E-state index is 9.87. The fourth-order valence-electron chi connectivity index (χ4n) is 1.64. The number of hydrogen-bond donors (Lipinski definition) is 2. The quantitative estimate of drug-likeness (QED) is 0.857. The van der Waals surface area contributed by atoms with Gasteiger partial charge in [0.05, 0.1) is 11.6 Å². The molecule has 90 valence electrons. The SMILES string of the molecule is Cc1cc(Cl)c(-c2noc(CN)n2)c(C)c1O. The van der Waals surface area contributed by atoms with Crippen LogP contribution in [0.25, 0.3) is 11.4 Å². The van der Waals surface area contributed by atoms with E-state index in [-0.39, 0.29) is 12.3 Å². The number of halogens is 1. The Morgan fingerprint density at radius 1 is 1.47 bits per heavy atom. The maximum absolute atomic E-state index is 9.87. The van der Waals surface area contributed by atoms with Crippen LogP contribution in [0.2, 0.25) is 5.02 Å². The van der Waals surface area contributed by atoms with Gasteiger partial charge in [-0.15, -0.1) is 0 Å². The van der Waals surface area contributed by atoms with Crippen molar-refractivity contribution in [1.82, 2.24) is 10.1 Å². The lowest BCUT2D eigenvalue weighted by molar-refractivity contribution is 0.380. The van der Waals surface area contributed by atoms with Crippen molar-refractivity contribution < 1.29 is 9.63 Å². The molecule has 0 unspecified atom stereocenters. The van der Waals surface area contributed by atoms with E-state index in [1.165, 1.54) is 0 Å². The summed E-state index contributed by atoms with van der Waals surface area (Å²) in [7, 11) is 0. The number of hydrogen-bond acceptors (Lipinski definition) is 5. The lowest BCUT2D eigenvalue weighted by atomic mass is 10.0. The first-order chi connectivity index (χ1) is 8.04. The van der Waals surface area contributed by atoms with E-state index in [1.54, 1.807) is 19.9 Å². The van der Waals surface area contributed by atoms with Gasteiger partial charge in [0.1, 0.15) is 5.75 Å². The van der Waals surface area contributed by atoms with E-state index in [2.05, 4.69) is 10.1 Å². The largest absolute Gasteiger partial charge is 0.507 e. The third-order valence-electron chi connectivity index (χ3n) is 2.55. The average molecular weight is 254 g/mol. The van der Waals surface area contributed by atoms with Crippen LogP contribution in [0.5, 0.6) is 5.75 Å². The molecule has 0 aliphatic carbocycles. The van der Waals surface area contributed by atoms with Crippen molar-refractivity contribution in [3.05, 3.63) is 28.1 Å². The molecule has 0 atom stereocenters. The molecule has 0 aliphatic heterocycles. The van der Waals surface area contributed by atoms with Crippen LogP contribution in [0.4, 0.5) is 0 Å². The van der Waals surface area contributed by atoms with Crippen LogP contribution in [0.15, 0.2) is 10.6 Å². The van der Waals surface area contributed by atoms with Crippen LogP contribution in [-0.2, 0) is 6.54 Å². The Kier molecular flexibility index (Phi) is 3.04. The van der Waals surface area contributed by atoms with E-state index in [0.29, 0.717) is 33.4 Å². The van der Waals surface area contributed by atoms with Gasteiger partial charge in [-0.3, -0.25) is 0 Å². The smallest absolute Gasteiger partial charge is 0.240 e. The summed E-state index contributed by atoms with van der Waals surface area (Å²) in [6, 6.07) is 1.66. The van der Waals surface area contributed by atoms with Gasteiger partial charge in [-0.05, 0) is 25.5 Å². The number of phenolic OH excluding ortho intramolecular Hbond substituents is 1. The summed E-state index contributed by atoms with van der Waals surface area (Å²) >= 11 is 6.13. The first-order valence-corrected chi connectivity index (χ1v) is 5.44. The van der Waals surface area contributed by atoms with Crippen molar-refractivity contribution in [2.24, 2.45) is 5.73 Å². The minimum Gasteiger partial charge on any atom is -0.507 e. The highest BCUT2D eigenvalue weighted by Crippen LogP contribution is 2.36. The van der Waals surface area contributed by atoms with Crippen molar-refractivity contribution in [2.45, 2.75) is 20.4 Å². The molecule has 17 heavy (non-hydrogen) atoms. The molecule has 6 heteroatoms. The highest BCUT2D eigenvalue weighted by molar-refractivity contribution is 6.33. The van der Waals surface area contributed by atoms with Gasteiger partial charge < -0.3 is 15.4 Å². The predicted octanol–water partition coefficient (Wildman–Crippen LogP) is 2.17. The predicted molar refractivity (Wildman–Crippen MR) is 63.8 cm³/mol. The lowest BCUT2D eigenvalue weighted by Gasteiger charge is -2.09. The molecule has 0 spiro atoms. The van der Waals surface area contributed by atoms with Gasteiger partial charge in [0.25, 0.3) is 0 Å². The summed E-state index contributed by atoms with van der Waals surface area (Å²) in [5, 5.41) is 14.1. The Bertz CT molecular complexity index is 566. The molecule has 0 amide bonds. The van der Waals surface area contributed by atoms with E-state index in [9.17, 15) is 5.11 Å². The molecule has 0 aliphatic rings. The second-order valence-electron chi connectivity index (χ2n) is 3.74. The number of rotatable bonds is 2. The van der Waals surface area contributed by atoms with Crippen LogP contribution in [0.1, 0.15) is 17.0 Å². The first kappa shape index (κ1) is 11.9. The molecule has 0 fully saturated rings. The Hall–Kier alpha value is -1.59. The Balaban J connectivity index is 2.62. The second-order valence-corrected chi connectivity index (χ2v) is 4.15. The van der Waals surface area contributed by atoms with Crippen LogP contribution in [0.3, 0.4) is 0 Å². The van der Waals surface area contributed by atoms with E-state index in [1.807, 2.05) is 0 Å². The normalized spacial score (nSPS) is 10.8. The zero-order valence-corrected chi connectivity index (χ0v) is 10.2. The summed E-state index contributed by atoms with van der Waals surface area (Å²) in [5.41, 5.74) is 7.29. The number of aromatic nitrogens is 2. The van der Waals surface area contributed by atoms with Gasteiger partial charge in [0.2, 0.25) is 11.7 Å². The number of aromatic hydroxyl groups is 1. The summed E-state index contributed by atoms with van der Waals surface area (Å²) in [6.07, 6.45) is 0. The van der Waals surface area contributed by atoms with Crippen molar-refractivity contribution in [1.29, 1.82) is 0 Å². The van der Waals surface area contributed by atoms with Gasteiger partial charge in [0, 0.05) is 11.1 Å². The van der Waals surface area contributed by atoms with Gasteiger partial charge in [-0.25, -0.2) is 0 Å². The van der Waals surface area contributed by atoms with Crippen molar-refractivity contribution >= 4 is 11.6 Å². The number of benzene rings is 1. The lowest BCUT2D eigenvalue weighted by Crippen LogP contribution is -1.96. The van der Waals surface area contributed by atoms with Gasteiger partial charge >= 0.3 is 0 Å². The molecular weight excluding hydrogens is 242 g/mol. The summed E-state index contributed by atoms with van der Waals surface area (Å²) < 4.78 is 4.92. The zero-order valence-electron chi connectivity index (χ0n) is 9.49. The van der Waals surface area contributed by atoms with Gasteiger partial charge in [-0.1, -0.05) is 16.8 Å². The van der Waals surface area contributed by atoms with E-state index in [4.69, 9.17) is 21.9 Å². The third kappa shape index (κ3) is 1.99. The molecule has 0 radical (unpaired) electrons. The molecule has 0 bridgehead atoms. The fraction of sp³-hybridized carbons (Fsp3) is 0.273. The number of aryl methyl sites for hydroxylation is 1. The average Bonchev–Trinajstić information content (AvgIpc) is 2.74. The molecule has 0 saturated carbocycles. The number of nitrogens with two attached hydrogens (primary N) is 1. The van der Waals surface area contributed by atoms with E-state index >= 15 is 0 Å². The minimum atomic E-state index is 0.168. The van der Waals surface area contributed by atoms with Crippen LogP contribution >= 0.6 is 11.6 Å². The molecule has 1 aromatic carbocycles. The molecule has 2 aromatic rings. The number of phenols is 1. The summed E-state index contributed by atoms with van der Waals surface area (Å²) in [5.74, 6) is 0.849. The Morgan fingerprint density at radius 2 is 2.18 bits per heavy atom. The molecule has 2 rings (SSSR count). The third-order valence-corrected chi connectivity index (χ3v) is 2.85. The monoisotopic (exact) mass is 253 g/mol. The summed E-state index contributed by atoms with van der Waals surface area (Å²) in [4.78, 5) is 4.09. The van der Waals surface area contributed by atoms with Crippen LogP contribution in [-0.4, -0.2) is 15.2 Å². The first-order valence-electron chi connectivity index (χ1n) is 5.06. The van der Waals surface area contributed by atoms with Crippen molar-refractivity contribution in [3.63, 3.8) is 0 Å². The summed E-state index contributed by atoms with van der Waals surface area (Å²) in [6.45, 7) is 3.70. The van der Waals surface area contributed by atoms with Crippen molar-refractivity contribution in [3.8, 4) is 17.1 Å².